The minimum Gasteiger partial charge on any atom is -0.311 e. The fourth-order valence-corrected chi connectivity index (χ4v) is 4.12. The quantitative estimate of drug-likeness (QED) is 0.888. The number of hydrogen-bond acceptors (Lipinski definition) is 3. The van der Waals surface area contributed by atoms with Gasteiger partial charge >= 0.3 is 0 Å². The zero-order valence-corrected chi connectivity index (χ0v) is 13.6. The standard InChI is InChI=1S/C16H28N2S/c1-5-6-15-11-18(13(3)10-17-15)12(2)9-16-8-7-14(4)19-16/h7-8,12-13,15,17H,5-6,9-11H2,1-4H3. The largest absolute Gasteiger partial charge is 0.311 e. The molecule has 0 spiro atoms. The molecule has 0 bridgehead atoms. The Hall–Kier alpha value is -0.380. The normalized spacial score (nSPS) is 26.5. The smallest absolute Gasteiger partial charge is 0.0196 e. The van der Waals surface area contributed by atoms with Crippen LogP contribution in [-0.4, -0.2) is 36.1 Å². The zero-order valence-electron chi connectivity index (χ0n) is 12.8. The third-order valence-electron chi connectivity index (χ3n) is 4.20. The van der Waals surface area contributed by atoms with Gasteiger partial charge in [0.1, 0.15) is 0 Å². The van der Waals surface area contributed by atoms with Crippen LogP contribution in [0.25, 0.3) is 0 Å². The van der Waals surface area contributed by atoms with E-state index in [9.17, 15) is 0 Å². The zero-order chi connectivity index (χ0) is 13.8. The van der Waals surface area contributed by atoms with Gasteiger partial charge in [0.25, 0.3) is 0 Å². The van der Waals surface area contributed by atoms with Gasteiger partial charge in [-0.3, -0.25) is 4.90 Å². The van der Waals surface area contributed by atoms with Crippen LogP contribution in [0.5, 0.6) is 0 Å². The summed E-state index contributed by atoms with van der Waals surface area (Å²) < 4.78 is 0. The second-order valence-corrected chi connectivity index (χ2v) is 7.38. The Morgan fingerprint density at radius 3 is 2.89 bits per heavy atom. The van der Waals surface area contributed by atoms with Gasteiger partial charge in [-0.2, -0.15) is 0 Å². The van der Waals surface area contributed by atoms with E-state index < -0.39 is 0 Å². The number of thiophene rings is 1. The Morgan fingerprint density at radius 2 is 2.26 bits per heavy atom. The lowest BCUT2D eigenvalue weighted by molar-refractivity contribution is 0.0962. The lowest BCUT2D eigenvalue weighted by Crippen LogP contribution is -2.58. The number of piperazine rings is 1. The van der Waals surface area contributed by atoms with Crippen LogP contribution in [0, 0.1) is 6.92 Å². The minimum absolute atomic E-state index is 0.648. The molecule has 0 saturated carbocycles. The molecule has 1 aromatic heterocycles. The van der Waals surface area contributed by atoms with Crippen LogP contribution in [0.15, 0.2) is 12.1 Å². The molecule has 0 amide bonds. The molecule has 3 heteroatoms. The number of nitrogens with zero attached hydrogens (tertiary/aromatic N) is 1. The highest BCUT2D eigenvalue weighted by Crippen LogP contribution is 2.21. The molecule has 1 N–H and O–H groups in total. The van der Waals surface area contributed by atoms with Crippen LogP contribution in [0.2, 0.25) is 0 Å². The Morgan fingerprint density at radius 1 is 1.47 bits per heavy atom. The highest BCUT2D eigenvalue weighted by molar-refractivity contribution is 7.11. The van der Waals surface area contributed by atoms with Gasteiger partial charge in [-0.25, -0.2) is 0 Å². The fraction of sp³-hybridized carbons (Fsp3) is 0.750. The van der Waals surface area contributed by atoms with Crippen molar-refractivity contribution >= 4 is 11.3 Å². The molecule has 2 rings (SSSR count). The molecule has 1 aromatic rings. The van der Waals surface area contributed by atoms with E-state index in [0.717, 1.165) is 6.54 Å². The molecule has 108 valence electrons. The second-order valence-electron chi connectivity index (χ2n) is 6.01. The van der Waals surface area contributed by atoms with Gasteiger partial charge in [0.15, 0.2) is 0 Å². The average molecular weight is 280 g/mol. The van der Waals surface area contributed by atoms with Crippen molar-refractivity contribution in [2.45, 2.75) is 65.1 Å². The van der Waals surface area contributed by atoms with E-state index in [4.69, 9.17) is 0 Å². The average Bonchev–Trinajstić information content (AvgIpc) is 2.77. The first-order valence-corrected chi connectivity index (χ1v) is 8.46. The summed E-state index contributed by atoms with van der Waals surface area (Å²) in [5.41, 5.74) is 0. The molecular weight excluding hydrogens is 252 g/mol. The maximum Gasteiger partial charge on any atom is 0.0196 e. The van der Waals surface area contributed by atoms with E-state index in [1.54, 1.807) is 0 Å². The SMILES string of the molecule is CCCC1CN(C(C)Cc2ccc(C)s2)C(C)CN1. The van der Waals surface area contributed by atoms with Gasteiger partial charge in [0.05, 0.1) is 0 Å². The van der Waals surface area contributed by atoms with E-state index in [-0.39, 0.29) is 0 Å². The maximum absolute atomic E-state index is 3.68. The van der Waals surface area contributed by atoms with E-state index in [1.165, 1.54) is 35.6 Å². The van der Waals surface area contributed by atoms with Crippen molar-refractivity contribution in [3.05, 3.63) is 21.9 Å². The molecule has 2 heterocycles. The van der Waals surface area contributed by atoms with Gasteiger partial charge in [-0.15, -0.1) is 11.3 Å². The van der Waals surface area contributed by atoms with Crippen molar-refractivity contribution in [2.24, 2.45) is 0 Å². The molecule has 3 atom stereocenters. The molecular formula is C16H28N2S. The molecule has 1 aliphatic rings. The summed E-state index contributed by atoms with van der Waals surface area (Å²) >= 11 is 1.95. The van der Waals surface area contributed by atoms with Gasteiger partial charge in [0.2, 0.25) is 0 Å². The predicted molar refractivity (Wildman–Crippen MR) is 85.1 cm³/mol. The predicted octanol–water partition coefficient (Wildman–Crippen LogP) is 3.45. The molecule has 0 aromatic carbocycles. The Labute approximate surface area is 122 Å². The van der Waals surface area contributed by atoms with Crippen molar-refractivity contribution in [1.29, 1.82) is 0 Å². The molecule has 1 aliphatic heterocycles. The Kier molecular flexibility index (Phi) is 5.43. The van der Waals surface area contributed by atoms with Crippen molar-refractivity contribution in [2.75, 3.05) is 13.1 Å². The molecule has 3 unspecified atom stereocenters. The Bertz CT molecular complexity index is 388. The fourth-order valence-electron chi connectivity index (χ4n) is 3.11. The summed E-state index contributed by atoms with van der Waals surface area (Å²) in [6.07, 6.45) is 3.77. The molecule has 0 radical (unpaired) electrons. The summed E-state index contributed by atoms with van der Waals surface area (Å²) in [7, 11) is 0. The first-order valence-electron chi connectivity index (χ1n) is 7.64. The van der Waals surface area contributed by atoms with Crippen LogP contribution in [-0.2, 0) is 6.42 Å². The van der Waals surface area contributed by atoms with Gasteiger partial charge in [-0.1, -0.05) is 13.3 Å². The molecule has 19 heavy (non-hydrogen) atoms. The highest BCUT2D eigenvalue weighted by atomic mass is 32.1. The van der Waals surface area contributed by atoms with E-state index in [1.807, 2.05) is 11.3 Å². The van der Waals surface area contributed by atoms with Crippen molar-refractivity contribution in [1.82, 2.24) is 10.2 Å². The summed E-state index contributed by atoms with van der Waals surface area (Å²) in [5.74, 6) is 0. The van der Waals surface area contributed by atoms with Gasteiger partial charge < -0.3 is 5.32 Å². The van der Waals surface area contributed by atoms with Crippen LogP contribution >= 0.6 is 11.3 Å². The van der Waals surface area contributed by atoms with Crippen molar-refractivity contribution in [3.63, 3.8) is 0 Å². The van der Waals surface area contributed by atoms with E-state index in [0.29, 0.717) is 18.1 Å². The van der Waals surface area contributed by atoms with Crippen LogP contribution in [0.4, 0.5) is 0 Å². The lowest BCUT2D eigenvalue weighted by Gasteiger charge is -2.42. The minimum atomic E-state index is 0.648. The summed E-state index contributed by atoms with van der Waals surface area (Å²) in [6, 6.07) is 6.54. The van der Waals surface area contributed by atoms with Crippen molar-refractivity contribution in [3.8, 4) is 0 Å². The Balaban J connectivity index is 1.94. The molecule has 1 fully saturated rings. The molecule has 1 saturated heterocycles. The van der Waals surface area contributed by atoms with Crippen molar-refractivity contribution < 1.29 is 0 Å². The summed E-state index contributed by atoms with van der Waals surface area (Å²) in [4.78, 5) is 5.66. The van der Waals surface area contributed by atoms with Gasteiger partial charge in [0, 0.05) is 41.0 Å². The summed E-state index contributed by atoms with van der Waals surface area (Å²) in [6.45, 7) is 11.6. The van der Waals surface area contributed by atoms with E-state index in [2.05, 4.69) is 50.0 Å². The van der Waals surface area contributed by atoms with Gasteiger partial charge in [-0.05, 0) is 45.7 Å². The highest BCUT2D eigenvalue weighted by Gasteiger charge is 2.28. The number of aryl methyl sites for hydroxylation is 1. The maximum atomic E-state index is 3.68. The third-order valence-corrected chi connectivity index (χ3v) is 5.22. The van der Waals surface area contributed by atoms with Crippen LogP contribution in [0.3, 0.4) is 0 Å². The topological polar surface area (TPSA) is 15.3 Å². The number of hydrogen-bond donors (Lipinski definition) is 1. The van der Waals surface area contributed by atoms with Crippen LogP contribution < -0.4 is 5.32 Å². The second kappa shape index (κ2) is 6.87. The number of nitrogens with one attached hydrogen (secondary N) is 1. The first-order chi connectivity index (χ1) is 9.10. The summed E-state index contributed by atoms with van der Waals surface area (Å²) in [5, 5.41) is 3.68. The monoisotopic (exact) mass is 280 g/mol. The molecule has 2 nitrogen and oxygen atoms in total. The van der Waals surface area contributed by atoms with E-state index >= 15 is 0 Å². The number of rotatable bonds is 5. The first kappa shape index (κ1) is 15.0. The molecule has 0 aliphatic carbocycles. The van der Waals surface area contributed by atoms with Crippen LogP contribution in [0.1, 0.15) is 43.4 Å². The lowest BCUT2D eigenvalue weighted by atomic mass is 10.0. The third kappa shape index (κ3) is 4.04.